The van der Waals surface area contributed by atoms with Crippen LogP contribution in [0.4, 0.5) is 0 Å². The maximum Gasteiger partial charge on any atom is 0.313 e. The number of nitrogens with two attached hydrogens (primary N) is 1. The molecule has 21 heavy (non-hydrogen) atoms. The maximum atomic E-state index is 12.3. The Bertz CT molecular complexity index is 683. The van der Waals surface area contributed by atoms with Gasteiger partial charge in [0.2, 0.25) is 0 Å². The maximum absolute atomic E-state index is 12.3. The van der Waals surface area contributed by atoms with Gasteiger partial charge in [-0.1, -0.05) is 29.8 Å². The highest BCUT2D eigenvalue weighted by Gasteiger charge is 2.11. The summed E-state index contributed by atoms with van der Waals surface area (Å²) >= 11 is 3.38. The number of ether oxygens (including phenoxy) is 1. The molecule has 5 nitrogen and oxygen atoms in total. The van der Waals surface area contributed by atoms with Crippen molar-refractivity contribution in [2.75, 3.05) is 0 Å². The van der Waals surface area contributed by atoms with Crippen molar-refractivity contribution in [3.8, 4) is 11.6 Å². The molecule has 0 amide bonds. The fraction of sp³-hybridized carbons (Fsp3) is 0.333. The van der Waals surface area contributed by atoms with Gasteiger partial charge in [0.15, 0.2) is 0 Å². The van der Waals surface area contributed by atoms with Gasteiger partial charge in [0.25, 0.3) is 5.88 Å². The molecule has 2 N–H and O–H groups in total. The molecular formula is C15H18BrN3O2. The van der Waals surface area contributed by atoms with Crippen LogP contribution in [0.25, 0.3) is 0 Å². The van der Waals surface area contributed by atoms with Gasteiger partial charge in [0.1, 0.15) is 5.75 Å². The van der Waals surface area contributed by atoms with Gasteiger partial charge in [0.05, 0.1) is 0 Å². The molecule has 6 heteroatoms. The Morgan fingerprint density at radius 1 is 1.43 bits per heavy atom. The van der Waals surface area contributed by atoms with E-state index in [0.717, 1.165) is 10.0 Å². The molecule has 0 unspecified atom stereocenters. The fourth-order valence-electron chi connectivity index (χ4n) is 1.95. The molecular weight excluding hydrogens is 334 g/mol. The summed E-state index contributed by atoms with van der Waals surface area (Å²) in [6.07, 6.45) is 3.24. The van der Waals surface area contributed by atoms with Gasteiger partial charge in [-0.3, -0.25) is 4.79 Å². The molecule has 2 aromatic rings. The van der Waals surface area contributed by atoms with E-state index in [1.165, 1.54) is 0 Å². The smallest absolute Gasteiger partial charge is 0.313 e. The Morgan fingerprint density at radius 3 is 2.86 bits per heavy atom. The van der Waals surface area contributed by atoms with Crippen LogP contribution >= 0.6 is 15.9 Å². The lowest BCUT2D eigenvalue weighted by molar-refractivity contribution is 0.428. The topological polar surface area (TPSA) is 70.1 Å². The fourth-order valence-corrected chi connectivity index (χ4v) is 2.35. The average Bonchev–Trinajstić information content (AvgIpc) is 2.44. The van der Waals surface area contributed by atoms with Crippen LogP contribution in [-0.2, 0) is 13.1 Å². The van der Waals surface area contributed by atoms with E-state index in [1.54, 1.807) is 23.0 Å². The molecule has 2 rings (SSSR count). The summed E-state index contributed by atoms with van der Waals surface area (Å²) in [5.41, 5.74) is 6.27. The van der Waals surface area contributed by atoms with Crippen LogP contribution in [0.3, 0.4) is 0 Å². The van der Waals surface area contributed by atoms with Crippen molar-refractivity contribution in [3.05, 3.63) is 51.0 Å². The molecule has 0 radical (unpaired) electrons. The highest BCUT2D eigenvalue weighted by atomic mass is 79.9. The first kappa shape index (κ1) is 15.7. The van der Waals surface area contributed by atoms with Crippen LogP contribution in [0.15, 0.2) is 39.9 Å². The first-order valence-corrected chi connectivity index (χ1v) is 7.52. The standard InChI is InChI=1S/C15H18BrN3O2/c1-10(2)9-19-6-5-18-14(15(19)20)21-13-4-3-12(16)7-11(13)8-17/h3-7,10H,8-9,17H2,1-2H3. The van der Waals surface area contributed by atoms with Crippen molar-refractivity contribution in [1.82, 2.24) is 9.55 Å². The first-order valence-electron chi connectivity index (χ1n) is 6.73. The quantitative estimate of drug-likeness (QED) is 0.898. The number of rotatable bonds is 5. The third kappa shape index (κ3) is 3.92. The highest BCUT2D eigenvalue weighted by molar-refractivity contribution is 9.10. The second-order valence-electron chi connectivity index (χ2n) is 5.14. The van der Waals surface area contributed by atoms with Gasteiger partial charge < -0.3 is 15.0 Å². The van der Waals surface area contributed by atoms with Crippen molar-refractivity contribution in [2.45, 2.75) is 26.9 Å². The summed E-state index contributed by atoms with van der Waals surface area (Å²) in [4.78, 5) is 16.3. The minimum atomic E-state index is -0.239. The number of nitrogens with zero attached hydrogens (tertiary/aromatic N) is 2. The summed E-state index contributed by atoms with van der Waals surface area (Å²) in [5, 5.41) is 0. The Morgan fingerprint density at radius 2 is 2.19 bits per heavy atom. The van der Waals surface area contributed by atoms with Crippen molar-refractivity contribution < 1.29 is 4.74 Å². The minimum Gasteiger partial charge on any atom is -0.434 e. The third-order valence-electron chi connectivity index (χ3n) is 2.89. The van der Waals surface area contributed by atoms with Gasteiger partial charge in [-0.25, -0.2) is 4.98 Å². The molecule has 0 spiro atoms. The SMILES string of the molecule is CC(C)Cn1ccnc(Oc2ccc(Br)cc2CN)c1=O. The van der Waals surface area contributed by atoms with Crippen LogP contribution in [0.1, 0.15) is 19.4 Å². The Hall–Kier alpha value is -1.66. The minimum absolute atomic E-state index is 0.0650. The molecule has 0 aliphatic carbocycles. The van der Waals surface area contributed by atoms with Crippen molar-refractivity contribution in [2.24, 2.45) is 11.7 Å². The van der Waals surface area contributed by atoms with Crippen LogP contribution in [0.2, 0.25) is 0 Å². The summed E-state index contributed by atoms with van der Waals surface area (Å²) in [7, 11) is 0. The largest absolute Gasteiger partial charge is 0.434 e. The Kier molecular flexibility index (Phi) is 5.14. The third-order valence-corrected chi connectivity index (χ3v) is 3.39. The summed E-state index contributed by atoms with van der Waals surface area (Å²) < 4.78 is 8.18. The zero-order valence-corrected chi connectivity index (χ0v) is 13.6. The molecule has 1 aromatic heterocycles. The zero-order valence-electron chi connectivity index (χ0n) is 12.0. The summed E-state index contributed by atoms with van der Waals surface area (Å²) in [6, 6.07) is 5.47. The van der Waals surface area contributed by atoms with Crippen LogP contribution in [0, 0.1) is 5.92 Å². The normalized spacial score (nSPS) is 10.9. The van der Waals surface area contributed by atoms with E-state index in [4.69, 9.17) is 10.5 Å². The van der Waals surface area contributed by atoms with Crippen LogP contribution < -0.4 is 16.0 Å². The lowest BCUT2D eigenvalue weighted by atomic mass is 10.2. The summed E-state index contributed by atoms with van der Waals surface area (Å²) in [5.74, 6) is 0.980. The van der Waals surface area contributed by atoms with Gasteiger partial charge in [-0.15, -0.1) is 0 Å². The summed E-state index contributed by atoms with van der Waals surface area (Å²) in [6.45, 7) is 5.05. The van der Waals surface area contributed by atoms with E-state index in [-0.39, 0.29) is 11.4 Å². The second-order valence-corrected chi connectivity index (χ2v) is 6.06. The molecule has 0 bridgehead atoms. The molecule has 0 aliphatic heterocycles. The predicted molar refractivity (Wildman–Crippen MR) is 85.4 cm³/mol. The molecule has 0 saturated carbocycles. The molecule has 0 fully saturated rings. The lowest BCUT2D eigenvalue weighted by Crippen LogP contribution is -2.23. The molecule has 0 atom stereocenters. The first-order chi connectivity index (χ1) is 10.0. The van der Waals surface area contributed by atoms with Crippen LogP contribution in [0.5, 0.6) is 11.6 Å². The Labute approximate surface area is 131 Å². The number of aromatic nitrogens is 2. The predicted octanol–water partition coefficient (Wildman–Crippen LogP) is 2.91. The van der Waals surface area contributed by atoms with E-state index in [9.17, 15) is 4.79 Å². The number of benzene rings is 1. The van der Waals surface area contributed by atoms with Crippen molar-refractivity contribution >= 4 is 15.9 Å². The number of hydrogen-bond donors (Lipinski definition) is 1. The highest BCUT2D eigenvalue weighted by Crippen LogP contribution is 2.25. The second kappa shape index (κ2) is 6.87. The lowest BCUT2D eigenvalue weighted by Gasteiger charge is -2.12. The molecule has 1 heterocycles. The molecule has 112 valence electrons. The van der Waals surface area contributed by atoms with Crippen LogP contribution in [-0.4, -0.2) is 9.55 Å². The molecule has 0 aliphatic rings. The molecule has 1 aromatic carbocycles. The van der Waals surface area contributed by atoms with E-state index >= 15 is 0 Å². The van der Waals surface area contributed by atoms with Crippen molar-refractivity contribution in [1.29, 1.82) is 0 Å². The van der Waals surface area contributed by atoms with Gasteiger partial charge in [-0.2, -0.15) is 0 Å². The van der Waals surface area contributed by atoms with Crippen molar-refractivity contribution in [3.63, 3.8) is 0 Å². The monoisotopic (exact) mass is 351 g/mol. The van der Waals surface area contributed by atoms with E-state index in [0.29, 0.717) is 24.8 Å². The van der Waals surface area contributed by atoms with E-state index < -0.39 is 0 Å². The van der Waals surface area contributed by atoms with Gasteiger partial charge in [0, 0.05) is 35.5 Å². The number of halogens is 1. The van der Waals surface area contributed by atoms with Gasteiger partial charge >= 0.3 is 5.56 Å². The van der Waals surface area contributed by atoms with E-state index in [1.807, 2.05) is 12.1 Å². The van der Waals surface area contributed by atoms with Gasteiger partial charge in [-0.05, 0) is 24.1 Å². The number of hydrogen-bond acceptors (Lipinski definition) is 4. The van der Waals surface area contributed by atoms with E-state index in [2.05, 4.69) is 34.8 Å². The zero-order chi connectivity index (χ0) is 15.4. The Balaban J connectivity index is 2.34. The molecule has 0 saturated heterocycles. The average molecular weight is 352 g/mol.